The summed E-state index contributed by atoms with van der Waals surface area (Å²) >= 11 is 7.09. The third-order valence-corrected chi connectivity index (χ3v) is 5.30. The quantitative estimate of drug-likeness (QED) is 0.590. The van der Waals surface area contributed by atoms with Crippen LogP contribution in [0.4, 0.5) is 0 Å². The molecule has 1 heterocycles. The van der Waals surface area contributed by atoms with E-state index in [1.54, 1.807) is 12.1 Å². The van der Waals surface area contributed by atoms with Crippen molar-refractivity contribution in [1.29, 1.82) is 0 Å². The van der Waals surface area contributed by atoms with Crippen molar-refractivity contribution in [3.8, 4) is 11.5 Å². The van der Waals surface area contributed by atoms with Gasteiger partial charge in [-0.25, -0.2) is 0 Å². The van der Waals surface area contributed by atoms with Gasteiger partial charge in [0.2, 0.25) is 11.8 Å². The molecule has 0 aliphatic carbocycles. The van der Waals surface area contributed by atoms with Crippen LogP contribution in [0.15, 0.2) is 52.1 Å². The summed E-state index contributed by atoms with van der Waals surface area (Å²) in [5, 5.41) is 12.0. The minimum atomic E-state index is -0.0861. The standard InChI is InChI=1S/C20H20ClN3O2S/c1-12-4-5-16(10-13(12)2)14(3)22-18(25)11-27-20-24-23-19(26-20)15-6-8-17(21)9-7-15/h4-10,14H,11H2,1-3H3,(H,22,25)/t14-/m0/s1. The number of amides is 1. The Hall–Kier alpha value is -2.31. The van der Waals surface area contributed by atoms with E-state index >= 15 is 0 Å². The third kappa shape index (κ3) is 5.11. The molecule has 0 unspecified atom stereocenters. The van der Waals surface area contributed by atoms with E-state index in [2.05, 4.69) is 41.5 Å². The van der Waals surface area contributed by atoms with Crippen LogP contribution in [0.2, 0.25) is 5.02 Å². The minimum absolute atomic E-state index is 0.0651. The van der Waals surface area contributed by atoms with E-state index in [0.29, 0.717) is 16.1 Å². The summed E-state index contributed by atoms with van der Waals surface area (Å²) in [6.45, 7) is 6.11. The zero-order valence-electron chi connectivity index (χ0n) is 15.3. The molecule has 3 rings (SSSR count). The highest BCUT2D eigenvalue weighted by atomic mass is 35.5. The van der Waals surface area contributed by atoms with Crippen molar-refractivity contribution in [2.45, 2.75) is 32.0 Å². The van der Waals surface area contributed by atoms with E-state index in [1.165, 1.54) is 22.9 Å². The summed E-state index contributed by atoms with van der Waals surface area (Å²) in [6.07, 6.45) is 0. The van der Waals surface area contributed by atoms with Crippen molar-refractivity contribution in [2.75, 3.05) is 5.75 Å². The maximum Gasteiger partial charge on any atom is 0.277 e. The lowest BCUT2D eigenvalue weighted by molar-refractivity contribution is -0.119. The number of benzene rings is 2. The van der Waals surface area contributed by atoms with Crippen molar-refractivity contribution in [3.63, 3.8) is 0 Å². The molecule has 27 heavy (non-hydrogen) atoms. The maximum absolute atomic E-state index is 12.2. The first-order valence-electron chi connectivity index (χ1n) is 8.51. The Kier molecular flexibility index (Phi) is 6.19. The van der Waals surface area contributed by atoms with Crippen LogP contribution in [0.5, 0.6) is 0 Å². The number of thioether (sulfide) groups is 1. The van der Waals surface area contributed by atoms with Gasteiger partial charge in [0.15, 0.2) is 0 Å². The van der Waals surface area contributed by atoms with E-state index < -0.39 is 0 Å². The fourth-order valence-corrected chi connectivity index (χ4v) is 3.21. The molecule has 0 radical (unpaired) electrons. The molecule has 0 fully saturated rings. The molecule has 0 aliphatic heterocycles. The number of aromatic nitrogens is 2. The molecule has 7 heteroatoms. The van der Waals surface area contributed by atoms with Gasteiger partial charge < -0.3 is 9.73 Å². The number of nitrogens with one attached hydrogen (secondary N) is 1. The SMILES string of the molecule is Cc1ccc([C@H](C)NC(=O)CSc2nnc(-c3ccc(Cl)cc3)o2)cc1C. The number of rotatable bonds is 6. The topological polar surface area (TPSA) is 68.0 Å². The molecular formula is C20H20ClN3O2S. The van der Waals surface area contributed by atoms with Gasteiger partial charge in [-0.05, 0) is 61.7 Å². The van der Waals surface area contributed by atoms with Crippen LogP contribution in [0.25, 0.3) is 11.5 Å². The smallest absolute Gasteiger partial charge is 0.277 e. The summed E-state index contributed by atoms with van der Waals surface area (Å²) in [4.78, 5) is 12.2. The van der Waals surface area contributed by atoms with Crippen LogP contribution in [-0.2, 0) is 4.79 Å². The Labute approximate surface area is 167 Å². The molecule has 0 spiro atoms. The van der Waals surface area contributed by atoms with E-state index in [9.17, 15) is 4.79 Å². The van der Waals surface area contributed by atoms with E-state index in [4.69, 9.17) is 16.0 Å². The van der Waals surface area contributed by atoms with Crippen LogP contribution in [-0.4, -0.2) is 21.9 Å². The Morgan fingerprint density at radius 1 is 1.15 bits per heavy atom. The van der Waals surface area contributed by atoms with Crippen molar-refractivity contribution in [1.82, 2.24) is 15.5 Å². The molecule has 0 saturated heterocycles. The Morgan fingerprint density at radius 2 is 1.89 bits per heavy atom. The lowest BCUT2D eigenvalue weighted by Crippen LogP contribution is -2.28. The monoisotopic (exact) mass is 401 g/mol. The fourth-order valence-electron chi connectivity index (χ4n) is 2.50. The molecule has 1 atom stereocenters. The normalized spacial score (nSPS) is 12.0. The second kappa shape index (κ2) is 8.59. The number of carbonyl (C=O) groups is 1. The summed E-state index contributed by atoms with van der Waals surface area (Å²) in [5.41, 5.74) is 4.31. The molecule has 5 nitrogen and oxygen atoms in total. The molecule has 3 aromatic rings. The van der Waals surface area contributed by atoms with Crippen LogP contribution in [0.3, 0.4) is 0 Å². The number of halogens is 1. The second-order valence-electron chi connectivity index (χ2n) is 6.30. The lowest BCUT2D eigenvalue weighted by Gasteiger charge is -2.15. The van der Waals surface area contributed by atoms with E-state index in [0.717, 1.165) is 11.1 Å². The number of nitrogens with zero attached hydrogens (tertiary/aromatic N) is 2. The molecule has 0 aliphatic rings. The number of hydrogen-bond donors (Lipinski definition) is 1. The van der Waals surface area contributed by atoms with Crippen LogP contribution in [0, 0.1) is 13.8 Å². The molecular weight excluding hydrogens is 382 g/mol. The predicted molar refractivity (Wildman–Crippen MR) is 108 cm³/mol. The highest BCUT2D eigenvalue weighted by molar-refractivity contribution is 7.99. The molecule has 1 N–H and O–H groups in total. The van der Waals surface area contributed by atoms with Gasteiger partial charge in [-0.3, -0.25) is 4.79 Å². The van der Waals surface area contributed by atoms with Crippen LogP contribution >= 0.6 is 23.4 Å². The van der Waals surface area contributed by atoms with Gasteiger partial charge in [0.25, 0.3) is 5.22 Å². The molecule has 1 aromatic heterocycles. The highest BCUT2D eigenvalue weighted by Gasteiger charge is 2.14. The highest BCUT2D eigenvalue weighted by Crippen LogP contribution is 2.24. The summed E-state index contributed by atoms with van der Waals surface area (Å²) in [5.74, 6) is 0.521. The third-order valence-electron chi connectivity index (χ3n) is 4.23. The fraction of sp³-hybridized carbons (Fsp3) is 0.250. The zero-order chi connectivity index (χ0) is 19.4. The largest absolute Gasteiger partial charge is 0.411 e. The van der Waals surface area contributed by atoms with Gasteiger partial charge in [-0.1, -0.05) is 41.6 Å². The van der Waals surface area contributed by atoms with Gasteiger partial charge >= 0.3 is 0 Å². The maximum atomic E-state index is 12.2. The zero-order valence-corrected chi connectivity index (χ0v) is 16.9. The summed E-state index contributed by atoms with van der Waals surface area (Å²) in [7, 11) is 0. The van der Waals surface area contributed by atoms with E-state index in [1.807, 2.05) is 25.1 Å². The van der Waals surface area contributed by atoms with Crippen molar-refractivity contribution >= 4 is 29.3 Å². The first-order chi connectivity index (χ1) is 12.9. The van der Waals surface area contributed by atoms with Crippen LogP contribution in [0.1, 0.15) is 29.7 Å². The number of aryl methyl sites for hydroxylation is 2. The van der Waals surface area contributed by atoms with Gasteiger partial charge in [-0.15, -0.1) is 10.2 Å². The minimum Gasteiger partial charge on any atom is -0.411 e. The van der Waals surface area contributed by atoms with E-state index in [-0.39, 0.29) is 17.7 Å². The van der Waals surface area contributed by atoms with Gasteiger partial charge in [-0.2, -0.15) is 0 Å². The lowest BCUT2D eigenvalue weighted by atomic mass is 10.0. The van der Waals surface area contributed by atoms with Crippen molar-refractivity contribution in [2.24, 2.45) is 0 Å². The van der Waals surface area contributed by atoms with Gasteiger partial charge in [0.05, 0.1) is 11.8 Å². The Bertz CT molecular complexity index is 941. The van der Waals surface area contributed by atoms with Crippen LogP contribution < -0.4 is 5.32 Å². The summed E-state index contributed by atoms with van der Waals surface area (Å²) < 4.78 is 5.60. The second-order valence-corrected chi connectivity index (χ2v) is 7.66. The average Bonchev–Trinajstić information content (AvgIpc) is 3.12. The molecule has 0 bridgehead atoms. The molecule has 0 saturated carbocycles. The van der Waals surface area contributed by atoms with Crippen molar-refractivity contribution < 1.29 is 9.21 Å². The van der Waals surface area contributed by atoms with Gasteiger partial charge in [0, 0.05) is 10.6 Å². The predicted octanol–water partition coefficient (Wildman–Crippen LogP) is 4.98. The van der Waals surface area contributed by atoms with Gasteiger partial charge in [0.1, 0.15) is 0 Å². The average molecular weight is 402 g/mol. The number of hydrogen-bond acceptors (Lipinski definition) is 5. The van der Waals surface area contributed by atoms with Crippen molar-refractivity contribution in [3.05, 3.63) is 64.2 Å². The number of carbonyl (C=O) groups excluding carboxylic acids is 1. The molecule has 1 amide bonds. The Morgan fingerprint density at radius 3 is 2.59 bits per heavy atom. The summed E-state index contributed by atoms with van der Waals surface area (Å²) in [6, 6.07) is 13.3. The first-order valence-corrected chi connectivity index (χ1v) is 9.87. The molecule has 140 valence electrons. The Balaban J connectivity index is 1.54. The first kappa shape index (κ1) is 19.5. The molecule has 2 aromatic carbocycles.